The quantitative estimate of drug-likeness (QED) is 0.133. The molecule has 0 spiro atoms. The van der Waals surface area contributed by atoms with Crippen LogP contribution >= 0.6 is 48.4 Å². The van der Waals surface area contributed by atoms with E-state index < -0.39 is 0 Å². The minimum atomic E-state index is 0. The van der Waals surface area contributed by atoms with Crippen LogP contribution in [-0.4, -0.2) is 63.0 Å². The summed E-state index contributed by atoms with van der Waals surface area (Å²) < 4.78 is 0. The number of hydrogen-bond donors (Lipinski definition) is 0. The second kappa shape index (κ2) is 34.2. The van der Waals surface area contributed by atoms with Crippen molar-refractivity contribution in [1.82, 2.24) is 4.90 Å². The Labute approximate surface area is 399 Å². The van der Waals surface area contributed by atoms with Gasteiger partial charge in [-0.1, -0.05) is 201 Å². The fourth-order valence-corrected chi connectivity index (χ4v) is 21.0. The first kappa shape index (κ1) is 55.9. The molecule has 57 heavy (non-hydrogen) atoms. The average Bonchev–Trinajstić information content (AvgIpc) is 4.08. The number of hydrogen-bond acceptors (Lipinski definition) is 1. The van der Waals surface area contributed by atoms with Gasteiger partial charge in [0.05, 0.1) is 0 Å². The van der Waals surface area contributed by atoms with E-state index >= 15 is 0 Å². The molecule has 8 saturated carbocycles. The summed E-state index contributed by atoms with van der Waals surface area (Å²) in [5, 5.41) is 0. The van der Waals surface area contributed by atoms with Gasteiger partial charge < -0.3 is 4.90 Å². The van der Waals surface area contributed by atoms with E-state index in [2.05, 4.69) is 64.7 Å². The molecule has 1 nitrogen and oxygen atoms in total. The van der Waals surface area contributed by atoms with Crippen LogP contribution in [0.15, 0.2) is 0 Å². The Kier molecular flexibility index (Phi) is 33.6. The molecule has 8 aliphatic rings. The molecule has 0 radical (unpaired) electrons. The van der Waals surface area contributed by atoms with Crippen LogP contribution in [0.5, 0.6) is 0 Å². The van der Waals surface area contributed by atoms with E-state index in [1.807, 2.05) is 0 Å². The molecule has 0 bridgehead atoms. The van der Waals surface area contributed by atoms with Crippen molar-refractivity contribution in [3.8, 4) is 0 Å². The predicted molar refractivity (Wildman–Crippen MR) is 262 cm³/mol. The van der Waals surface area contributed by atoms with Crippen LogP contribution in [0.4, 0.5) is 0 Å². The molecule has 4 unspecified atom stereocenters. The topological polar surface area (TPSA) is 3.24 Å². The molecular formula is C50H95Br2Fe2NP2. The third-order valence-corrected chi connectivity index (χ3v) is 24.1. The van der Waals surface area contributed by atoms with Crippen LogP contribution < -0.4 is 0 Å². The zero-order chi connectivity index (χ0) is 39.1. The predicted octanol–water partition coefficient (Wildman–Crippen LogP) is 17.8. The minimum Gasteiger partial charge on any atom is -0.306 e. The summed E-state index contributed by atoms with van der Waals surface area (Å²) in [6.45, 7) is 4.99. The normalized spacial score (nSPS) is 29.9. The first-order chi connectivity index (χ1) is 26.8. The second-order valence-corrected chi connectivity index (χ2v) is 27.6. The van der Waals surface area contributed by atoms with Crippen molar-refractivity contribution in [2.24, 2.45) is 11.8 Å². The number of nitrogens with zero attached hydrogens (tertiary/aromatic N) is 1. The van der Waals surface area contributed by atoms with Crippen LogP contribution in [0, 0.1) is 11.8 Å². The Morgan fingerprint density at radius 3 is 1.00 bits per heavy atom. The smallest absolute Gasteiger partial charge is 0.0188 e. The van der Waals surface area contributed by atoms with Crippen molar-refractivity contribution in [1.29, 1.82) is 0 Å². The maximum absolute atomic E-state index is 4.03. The minimum absolute atomic E-state index is 0. The standard InChI is InChI=1S/C19H34BrP.C12H23P.C9H18BrN.2C5H10.2Fe/c1-15(18-13-8-14-19(18)20)21(16-9-4-2-5-10-16)17-11-6-3-7-12-17;1-3-7-11(8-4-1)13-12-9-5-2-6-10-12;1-7(11(2)3)8-5-4-6-9(8)10;2*1-2-4-5-3-1;;/h15-19H,2-14H2,1H3;11-13H,1-10H2;7-9H,4-6H2,1-3H3;2*1-5H2;;/t15-,18?,19?;;7-,8?,9?;;;;/m1.1..../s1. The van der Waals surface area contributed by atoms with Crippen molar-refractivity contribution in [3.05, 3.63) is 0 Å². The van der Waals surface area contributed by atoms with Crippen LogP contribution in [0.3, 0.4) is 0 Å². The molecule has 340 valence electrons. The Balaban J connectivity index is 0.000000268. The van der Waals surface area contributed by atoms with Crippen LogP contribution in [0.25, 0.3) is 0 Å². The molecule has 6 atom stereocenters. The molecule has 0 heterocycles. The van der Waals surface area contributed by atoms with E-state index in [-0.39, 0.29) is 42.1 Å². The summed E-state index contributed by atoms with van der Waals surface area (Å²) in [6.07, 6.45) is 54.5. The molecule has 0 aliphatic heterocycles. The molecule has 8 aliphatic carbocycles. The van der Waals surface area contributed by atoms with E-state index in [1.165, 1.54) is 188 Å². The van der Waals surface area contributed by atoms with Gasteiger partial charge in [0.1, 0.15) is 0 Å². The van der Waals surface area contributed by atoms with Crippen molar-refractivity contribution in [3.63, 3.8) is 0 Å². The molecule has 0 aromatic carbocycles. The molecule has 0 saturated heterocycles. The number of alkyl halides is 2. The summed E-state index contributed by atoms with van der Waals surface area (Å²) in [5.74, 6) is 1.87. The summed E-state index contributed by atoms with van der Waals surface area (Å²) >= 11 is 7.78. The van der Waals surface area contributed by atoms with Crippen LogP contribution in [0.2, 0.25) is 0 Å². The molecule has 8 rings (SSSR count). The van der Waals surface area contributed by atoms with Gasteiger partial charge in [0.2, 0.25) is 0 Å². The van der Waals surface area contributed by atoms with Gasteiger partial charge in [-0.2, -0.15) is 0 Å². The Morgan fingerprint density at radius 1 is 0.404 bits per heavy atom. The maximum atomic E-state index is 4.03. The van der Waals surface area contributed by atoms with Gasteiger partial charge in [0, 0.05) is 49.8 Å². The molecule has 0 amide bonds. The Bertz CT molecular complexity index is 855. The van der Waals surface area contributed by atoms with Crippen molar-refractivity contribution >= 4 is 48.4 Å². The Hall–Kier alpha value is 2.82. The Morgan fingerprint density at radius 2 is 0.702 bits per heavy atom. The zero-order valence-electron chi connectivity index (χ0n) is 38.1. The van der Waals surface area contributed by atoms with E-state index in [1.54, 1.807) is 51.4 Å². The van der Waals surface area contributed by atoms with Crippen molar-refractivity contribution < 1.29 is 34.1 Å². The average molecular weight is 1040 g/mol. The van der Waals surface area contributed by atoms with Gasteiger partial charge in [-0.3, -0.25) is 0 Å². The molecule has 8 fully saturated rings. The summed E-state index contributed by atoms with van der Waals surface area (Å²) in [6, 6.07) is 0.724. The largest absolute Gasteiger partial charge is 0.306 e. The number of rotatable bonds is 8. The number of halogens is 2. The van der Waals surface area contributed by atoms with Crippen LogP contribution in [-0.2, 0) is 34.1 Å². The monoisotopic (exact) mass is 1040 g/mol. The maximum Gasteiger partial charge on any atom is 0.0188 e. The molecular weight excluding hydrogens is 948 g/mol. The second-order valence-electron chi connectivity index (χ2n) is 20.1. The molecule has 0 N–H and O–H groups in total. The van der Waals surface area contributed by atoms with E-state index in [0.717, 1.165) is 55.8 Å². The summed E-state index contributed by atoms with van der Waals surface area (Å²) in [7, 11) is 5.94. The summed E-state index contributed by atoms with van der Waals surface area (Å²) in [5.41, 5.74) is 5.59. The van der Waals surface area contributed by atoms with Gasteiger partial charge in [-0.25, -0.2) is 0 Å². The van der Waals surface area contributed by atoms with Crippen molar-refractivity contribution in [2.45, 2.75) is 289 Å². The summed E-state index contributed by atoms with van der Waals surface area (Å²) in [4.78, 5) is 3.93. The molecule has 0 aromatic rings. The fraction of sp³-hybridized carbons (Fsp3) is 1.00. The van der Waals surface area contributed by atoms with Crippen molar-refractivity contribution in [2.75, 3.05) is 14.1 Å². The SMILES string of the molecule is C1CCC(PC2CCCCC2)CC1.C1CCCC1.C1CCCC1.C[C@H](C1CCCC1Br)N(C)C.C[C@H](C1CCCC1Br)P(C1CCCCC1)C1CCCCC1.[Fe].[Fe]. The van der Waals surface area contributed by atoms with E-state index in [9.17, 15) is 0 Å². The first-order valence-corrected chi connectivity index (χ1v) is 29.9. The van der Waals surface area contributed by atoms with Gasteiger partial charge in [-0.05, 0) is 138 Å². The molecule has 7 heteroatoms. The third kappa shape index (κ3) is 22.0. The van der Waals surface area contributed by atoms with Gasteiger partial charge in [-0.15, -0.1) is 8.58 Å². The van der Waals surface area contributed by atoms with Gasteiger partial charge in [0.15, 0.2) is 0 Å². The first-order valence-electron chi connectivity index (χ1n) is 25.3. The fourth-order valence-electron chi connectivity index (χ4n) is 11.9. The molecule has 0 aromatic heterocycles. The van der Waals surface area contributed by atoms with E-state index in [4.69, 9.17) is 0 Å². The van der Waals surface area contributed by atoms with E-state index in [0.29, 0.717) is 0 Å². The third-order valence-electron chi connectivity index (χ3n) is 15.7. The van der Waals surface area contributed by atoms with Crippen LogP contribution in [0.1, 0.15) is 245 Å². The van der Waals surface area contributed by atoms with Gasteiger partial charge >= 0.3 is 0 Å². The zero-order valence-corrected chi connectivity index (χ0v) is 45.4. The van der Waals surface area contributed by atoms with Gasteiger partial charge in [0.25, 0.3) is 0 Å².